The average molecular weight is 477 g/mol. The maximum absolute atomic E-state index is 13.6. The van der Waals surface area contributed by atoms with Crippen LogP contribution in [0.15, 0.2) is 59.0 Å². The Hall–Kier alpha value is -3.61. The van der Waals surface area contributed by atoms with Gasteiger partial charge in [0.1, 0.15) is 23.9 Å². The van der Waals surface area contributed by atoms with Crippen molar-refractivity contribution in [3.8, 4) is 5.75 Å². The summed E-state index contributed by atoms with van der Waals surface area (Å²) in [4.78, 5) is 27.1. The fraction of sp³-hybridized carbons (Fsp3) is 0.357. The number of nitrogens with one attached hydrogen (secondary N) is 1. The number of fused-ring (bicyclic) bond motifs is 1. The summed E-state index contributed by atoms with van der Waals surface area (Å²) in [5, 5.41) is 2.79. The fourth-order valence-electron chi connectivity index (χ4n) is 4.55. The van der Waals surface area contributed by atoms with Crippen molar-refractivity contribution < 1.29 is 23.1 Å². The molecule has 1 N–H and O–H groups in total. The molecule has 5 rings (SSSR count). The highest BCUT2D eigenvalue weighted by atomic mass is 19.1. The predicted molar refractivity (Wildman–Crippen MR) is 128 cm³/mol. The Morgan fingerprint density at radius 1 is 1.11 bits per heavy atom. The first-order valence-corrected chi connectivity index (χ1v) is 12.2. The molecule has 1 unspecified atom stereocenters. The number of benzene rings is 2. The lowest BCUT2D eigenvalue weighted by atomic mass is 9.87. The third kappa shape index (κ3) is 5.09. The second-order valence-corrected chi connectivity index (χ2v) is 9.18. The molecule has 6 nitrogen and oxygen atoms in total. The van der Waals surface area contributed by atoms with E-state index in [2.05, 4.69) is 5.32 Å². The zero-order valence-electron chi connectivity index (χ0n) is 19.8. The van der Waals surface area contributed by atoms with E-state index in [1.54, 1.807) is 24.3 Å². The molecule has 182 valence electrons. The van der Waals surface area contributed by atoms with Gasteiger partial charge in [-0.05, 0) is 78.8 Å². The Bertz CT molecular complexity index is 1220. The molecule has 1 saturated carbocycles. The zero-order valence-corrected chi connectivity index (χ0v) is 19.8. The van der Waals surface area contributed by atoms with Gasteiger partial charge in [0.05, 0.1) is 6.04 Å². The van der Waals surface area contributed by atoms with Gasteiger partial charge in [-0.25, -0.2) is 4.39 Å². The molecule has 1 atom stereocenters. The van der Waals surface area contributed by atoms with Gasteiger partial charge >= 0.3 is 0 Å². The van der Waals surface area contributed by atoms with Crippen molar-refractivity contribution in [3.05, 3.63) is 88.6 Å². The van der Waals surface area contributed by atoms with Crippen LogP contribution >= 0.6 is 0 Å². The van der Waals surface area contributed by atoms with E-state index in [1.165, 1.54) is 12.1 Å². The minimum absolute atomic E-state index is 0.0987. The lowest BCUT2D eigenvalue weighted by Gasteiger charge is -2.38. The normalized spacial score (nSPS) is 17.1. The van der Waals surface area contributed by atoms with E-state index in [0.717, 1.165) is 42.4 Å². The van der Waals surface area contributed by atoms with E-state index in [4.69, 9.17) is 9.15 Å². The Morgan fingerprint density at radius 2 is 1.91 bits per heavy atom. The number of ether oxygens (including phenoxy) is 1. The van der Waals surface area contributed by atoms with E-state index in [-0.39, 0.29) is 42.0 Å². The molecule has 0 bridgehead atoms. The zero-order chi connectivity index (χ0) is 24.4. The molecule has 2 amide bonds. The topological polar surface area (TPSA) is 71.8 Å². The summed E-state index contributed by atoms with van der Waals surface area (Å²) < 4.78 is 25.3. The standard InChI is InChI=1S/C28H29FN2O4/c1-2-14-30-27(32)25-12-11-23(35-25)17-34-22-10-7-18-13-15-31(28(33)20-3-4-20)26(24(18)16-22)19-5-8-21(29)9-6-19/h5-12,16,20,26H,2-4,13-15,17H2,1H3,(H,30,32). The number of nitrogens with zero attached hydrogens (tertiary/aromatic N) is 1. The van der Waals surface area contributed by atoms with E-state index < -0.39 is 0 Å². The van der Waals surface area contributed by atoms with Crippen molar-refractivity contribution in [1.82, 2.24) is 10.2 Å². The monoisotopic (exact) mass is 476 g/mol. The largest absolute Gasteiger partial charge is 0.486 e. The molecule has 3 aromatic rings. The summed E-state index contributed by atoms with van der Waals surface area (Å²) in [6.45, 7) is 3.39. The lowest BCUT2D eigenvalue weighted by molar-refractivity contribution is -0.134. The summed E-state index contributed by atoms with van der Waals surface area (Å²) in [5.41, 5.74) is 3.03. The van der Waals surface area contributed by atoms with E-state index in [0.29, 0.717) is 24.6 Å². The highest BCUT2D eigenvalue weighted by Gasteiger charge is 2.39. The van der Waals surface area contributed by atoms with Crippen LogP contribution in [0.4, 0.5) is 4.39 Å². The van der Waals surface area contributed by atoms with Crippen molar-refractivity contribution in [1.29, 1.82) is 0 Å². The number of carbonyl (C=O) groups excluding carboxylic acids is 2. The number of rotatable bonds is 8. The smallest absolute Gasteiger partial charge is 0.286 e. The Morgan fingerprint density at radius 3 is 2.66 bits per heavy atom. The fourth-order valence-corrected chi connectivity index (χ4v) is 4.55. The summed E-state index contributed by atoms with van der Waals surface area (Å²) in [5.74, 6) is 1.17. The molecule has 7 heteroatoms. The molecule has 2 aliphatic rings. The van der Waals surface area contributed by atoms with Gasteiger partial charge in [-0.15, -0.1) is 0 Å². The molecule has 35 heavy (non-hydrogen) atoms. The second-order valence-electron chi connectivity index (χ2n) is 9.18. The number of carbonyl (C=O) groups is 2. The van der Waals surface area contributed by atoms with Crippen LogP contribution in [-0.4, -0.2) is 29.8 Å². The van der Waals surface area contributed by atoms with Crippen LogP contribution in [0.2, 0.25) is 0 Å². The predicted octanol–water partition coefficient (Wildman–Crippen LogP) is 5.02. The molecule has 0 radical (unpaired) electrons. The van der Waals surface area contributed by atoms with Gasteiger partial charge in [-0.1, -0.05) is 25.1 Å². The third-order valence-corrected chi connectivity index (χ3v) is 6.54. The first-order valence-electron chi connectivity index (χ1n) is 12.2. The Balaban J connectivity index is 1.37. The summed E-state index contributed by atoms with van der Waals surface area (Å²) >= 11 is 0. The first-order chi connectivity index (χ1) is 17.0. The molecule has 0 spiro atoms. The Labute approximate surface area is 204 Å². The highest BCUT2D eigenvalue weighted by molar-refractivity contribution is 5.91. The van der Waals surface area contributed by atoms with Crippen LogP contribution in [0.1, 0.15) is 65.2 Å². The number of hydrogen-bond acceptors (Lipinski definition) is 4. The van der Waals surface area contributed by atoms with E-state index in [9.17, 15) is 14.0 Å². The van der Waals surface area contributed by atoms with Gasteiger partial charge < -0.3 is 19.4 Å². The van der Waals surface area contributed by atoms with Crippen molar-refractivity contribution in [3.63, 3.8) is 0 Å². The molecular formula is C28H29FN2O4. The van der Waals surface area contributed by atoms with Crippen LogP contribution in [0.3, 0.4) is 0 Å². The molecule has 0 saturated heterocycles. The number of furan rings is 1. The van der Waals surface area contributed by atoms with Crippen LogP contribution in [0.5, 0.6) is 5.75 Å². The van der Waals surface area contributed by atoms with Gasteiger partial charge in [-0.3, -0.25) is 9.59 Å². The van der Waals surface area contributed by atoms with Gasteiger partial charge in [0.25, 0.3) is 5.91 Å². The Kier molecular flexibility index (Phi) is 6.57. The number of halogens is 1. The molecule has 1 aliphatic heterocycles. The van der Waals surface area contributed by atoms with Crippen molar-refractivity contribution in [2.45, 2.75) is 45.3 Å². The van der Waals surface area contributed by atoms with E-state index >= 15 is 0 Å². The highest BCUT2D eigenvalue weighted by Crippen LogP contribution is 2.41. The van der Waals surface area contributed by atoms with Crippen molar-refractivity contribution in [2.75, 3.05) is 13.1 Å². The summed E-state index contributed by atoms with van der Waals surface area (Å²) in [6, 6.07) is 15.4. The third-order valence-electron chi connectivity index (χ3n) is 6.54. The molecule has 1 aromatic heterocycles. The quantitative estimate of drug-likeness (QED) is 0.496. The van der Waals surface area contributed by atoms with Gasteiger partial charge in [0, 0.05) is 19.0 Å². The molecule has 1 aliphatic carbocycles. The summed E-state index contributed by atoms with van der Waals surface area (Å²) in [7, 11) is 0. The maximum Gasteiger partial charge on any atom is 0.286 e. The van der Waals surface area contributed by atoms with Gasteiger partial charge in [-0.2, -0.15) is 0 Å². The van der Waals surface area contributed by atoms with Crippen LogP contribution in [-0.2, 0) is 17.8 Å². The minimum atomic E-state index is -0.303. The molecule has 1 fully saturated rings. The van der Waals surface area contributed by atoms with Gasteiger partial charge in [0.15, 0.2) is 5.76 Å². The maximum atomic E-state index is 13.6. The number of hydrogen-bond donors (Lipinski definition) is 1. The van der Waals surface area contributed by atoms with Crippen LogP contribution < -0.4 is 10.1 Å². The van der Waals surface area contributed by atoms with Gasteiger partial charge in [0.2, 0.25) is 5.91 Å². The first kappa shape index (κ1) is 23.1. The minimum Gasteiger partial charge on any atom is -0.486 e. The molecule has 2 aromatic carbocycles. The lowest BCUT2D eigenvalue weighted by Crippen LogP contribution is -2.41. The van der Waals surface area contributed by atoms with Crippen LogP contribution in [0, 0.1) is 11.7 Å². The molecular weight excluding hydrogens is 447 g/mol. The summed E-state index contributed by atoms with van der Waals surface area (Å²) in [6.07, 6.45) is 3.48. The van der Waals surface area contributed by atoms with Crippen LogP contribution in [0.25, 0.3) is 0 Å². The van der Waals surface area contributed by atoms with Crippen molar-refractivity contribution in [2.24, 2.45) is 5.92 Å². The van der Waals surface area contributed by atoms with E-state index in [1.807, 2.05) is 30.0 Å². The molecule has 2 heterocycles. The SMILES string of the molecule is CCCNC(=O)c1ccc(COc2ccc3c(c2)C(c2ccc(F)cc2)N(C(=O)C2CC2)CC3)o1. The average Bonchev–Trinajstić information content (AvgIpc) is 3.62. The number of amides is 2. The van der Waals surface area contributed by atoms with Crippen molar-refractivity contribution >= 4 is 11.8 Å². The second kappa shape index (κ2) is 9.94.